The molecule has 5 nitrogen and oxygen atoms in total. The lowest BCUT2D eigenvalue weighted by atomic mass is 10.0. The summed E-state index contributed by atoms with van der Waals surface area (Å²) in [5, 5.41) is 17.8. The van der Waals surface area contributed by atoms with Crippen LogP contribution in [0.25, 0.3) is 0 Å². The molecule has 0 aromatic carbocycles. The molecule has 0 aliphatic heterocycles. The second kappa shape index (κ2) is 3.55. The van der Waals surface area contributed by atoms with Gasteiger partial charge in [-0.15, -0.1) is 0 Å². The summed E-state index contributed by atoms with van der Waals surface area (Å²) in [5.74, 6) is -1.33. The number of aliphatic carboxylic acids is 1. The fourth-order valence-corrected chi connectivity index (χ4v) is 1.42. The third-order valence-electron chi connectivity index (χ3n) is 1.54. The first-order valence-electron chi connectivity index (χ1n) is 3.29. The second-order valence-corrected chi connectivity index (χ2v) is 3.27. The molecule has 70 valence electrons. The summed E-state index contributed by atoms with van der Waals surface area (Å²) < 4.78 is 20.9. The predicted octanol–water partition coefficient (Wildman–Crippen LogP) is -1.02. The van der Waals surface area contributed by atoms with Crippen LogP contribution in [0.3, 0.4) is 0 Å². The zero-order chi connectivity index (χ0) is 10.0. The molecule has 0 radical (unpaired) electrons. The maximum atomic E-state index is 10.5. The summed E-state index contributed by atoms with van der Waals surface area (Å²) in [6, 6.07) is 0. The van der Waals surface area contributed by atoms with Gasteiger partial charge < -0.3 is 10.2 Å². The Hall–Kier alpha value is -1.40. The molecule has 13 heavy (non-hydrogen) atoms. The van der Waals surface area contributed by atoms with Gasteiger partial charge >= 0.3 is 5.97 Å². The molecule has 0 saturated carbocycles. The van der Waals surface area contributed by atoms with Crippen LogP contribution in [-0.2, 0) is 15.1 Å². The molecule has 1 aliphatic rings. The summed E-state index contributed by atoms with van der Waals surface area (Å²) in [5.41, 5.74) is -0.346. The van der Waals surface area contributed by atoms with E-state index in [1.165, 1.54) is 6.08 Å². The Kier molecular flexibility index (Phi) is 2.64. The lowest BCUT2D eigenvalue weighted by Gasteiger charge is -2.11. The molecule has 0 bridgehead atoms. The number of aliphatic hydroxyl groups excluding tert-OH is 1. The van der Waals surface area contributed by atoms with E-state index in [1.807, 2.05) is 0 Å². The Labute approximate surface area is 75.2 Å². The first kappa shape index (κ1) is 9.69. The van der Waals surface area contributed by atoms with Crippen molar-refractivity contribution >= 4 is 21.1 Å². The Morgan fingerprint density at radius 3 is 2.54 bits per heavy atom. The lowest BCUT2D eigenvalue weighted by Crippen LogP contribution is -2.28. The first-order chi connectivity index (χ1) is 6.04. The quantitative estimate of drug-likeness (QED) is 0.531. The van der Waals surface area contributed by atoms with E-state index in [0.717, 1.165) is 12.2 Å². The molecule has 0 spiro atoms. The molecular weight excluding hydrogens is 196 g/mol. The second-order valence-electron chi connectivity index (χ2n) is 2.33. The molecule has 0 aromatic rings. The number of rotatable bonds is 1. The zero-order valence-corrected chi connectivity index (χ0v) is 7.15. The molecule has 6 heteroatoms. The molecule has 1 unspecified atom stereocenters. The van der Waals surface area contributed by atoms with Crippen molar-refractivity contribution in [1.29, 1.82) is 0 Å². The van der Waals surface area contributed by atoms with Gasteiger partial charge in [-0.2, -0.15) is 8.42 Å². The van der Waals surface area contributed by atoms with E-state index in [1.54, 1.807) is 0 Å². The van der Waals surface area contributed by atoms with Crippen LogP contribution in [-0.4, -0.2) is 35.6 Å². The van der Waals surface area contributed by atoms with Gasteiger partial charge in [0.15, 0.2) is 0 Å². The molecule has 0 aromatic heterocycles. The summed E-state index contributed by atoms with van der Waals surface area (Å²) in [4.78, 5) is 10.1. The highest BCUT2D eigenvalue weighted by molar-refractivity contribution is 7.73. The summed E-state index contributed by atoms with van der Waals surface area (Å²) in [6.07, 6.45) is 2.01. The van der Waals surface area contributed by atoms with Gasteiger partial charge in [-0.1, -0.05) is 6.08 Å². The van der Waals surface area contributed by atoms with Gasteiger partial charge in [0.2, 0.25) is 10.3 Å². The van der Waals surface area contributed by atoms with Gasteiger partial charge in [-0.25, -0.2) is 4.79 Å². The standard InChI is InChI=1S/C7H6O5S/c8-6-4(7(9)10)2-1-3-5(6)13(11)12/h1-3,6,8H,(H,9,10). The van der Waals surface area contributed by atoms with Crippen LogP contribution in [0.1, 0.15) is 0 Å². The van der Waals surface area contributed by atoms with Crippen molar-refractivity contribution in [3.8, 4) is 0 Å². The van der Waals surface area contributed by atoms with Gasteiger partial charge in [0, 0.05) is 0 Å². The Morgan fingerprint density at radius 2 is 2.08 bits per heavy atom. The topological polar surface area (TPSA) is 91.7 Å². The van der Waals surface area contributed by atoms with E-state index < -0.39 is 22.4 Å². The molecule has 1 rings (SSSR count). The normalized spacial score (nSPS) is 21.2. The van der Waals surface area contributed by atoms with E-state index in [4.69, 9.17) is 5.11 Å². The summed E-state index contributed by atoms with van der Waals surface area (Å²) in [6.45, 7) is 0. The Bertz CT molecular complexity index is 418. The molecule has 1 aliphatic carbocycles. The Balaban J connectivity index is 3.23. The van der Waals surface area contributed by atoms with Crippen LogP contribution in [0.5, 0.6) is 0 Å². The average Bonchev–Trinajstić information content (AvgIpc) is 2.03. The number of hydrogen-bond donors (Lipinski definition) is 2. The molecule has 1 atom stereocenters. The van der Waals surface area contributed by atoms with Crippen LogP contribution >= 0.6 is 0 Å². The Morgan fingerprint density at radius 1 is 1.46 bits per heavy atom. The number of carboxylic acids is 1. The van der Waals surface area contributed by atoms with Gasteiger partial charge in [-0.05, 0) is 12.2 Å². The predicted molar refractivity (Wildman–Crippen MR) is 44.8 cm³/mol. The van der Waals surface area contributed by atoms with Crippen molar-refractivity contribution < 1.29 is 23.4 Å². The average molecular weight is 202 g/mol. The van der Waals surface area contributed by atoms with Crippen molar-refractivity contribution in [3.63, 3.8) is 0 Å². The van der Waals surface area contributed by atoms with Gasteiger partial charge in [0.1, 0.15) is 11.0 Å². The van der Waals surface area contributed by atoms with Crippen LogP contribution in [0.4, 0.5) is 0 Å². The minimum atomic E-state index is -2.59. The van der Waals surface area contributed by atoms with Crippen LogP contribution in [0.2, 0.25) is 0 Å². The summed E-state index contributed by atoms with van der Waals surface area (Å²) >= 11 is 0. The van der Waals surface area contributed by atoms with Crippen molar-refractivity contribution in [2.24, 2.45) is 0 Å². The van der Waals surface area contributed by atoms with E-state index in [9.17, 15) is 18.3 Å². The van der Waals surface area contributed by atoms with Crippen molar-refractivity contribution in [2.45, 2.75) is 6.10 Å². The summed E-state index contributed by atoms with van der Waals surface area (Å²) in [7, 11) is -2.59. The van der Waals surface area contributed by atoms with Gasteiger partial charge in [-0.3, -0.25) is 0 Å². The highest BCUT2D eigenvalue weighted by atomic mass is 32.2. The fourth-order valence-electron chi connectivity index (χ4n) is 0.917. The van der Waals surface area contributed by atoms with Crippen LogP contribution < -0.4 is 0 Å². The molecule has 0 heterocycles. The maximum absolute atomic E-state index is 10.5. The van der Waals surface area contributed by atoms with Crippen molar-refractivity contribution in [3.05, 3.63) is 23.8 Å². The molecule has 0 saturated heterocycles. The number of aliphatic hydroxyl groups is 1. The monoisotopic (exact) mass is 202 g/mol. The number of carbonyl (C=O) groups is 1. The molecule has 2 N–H and O–H groups in total. The number of carboxylic acid groups (broad SMARTS) is 1. The largest absolute Gasteiger partial charge is 0.478 e. The SMILES string of the molecule is O=C(O)C1=CC=CC(=S(=O)=O)C1O. The zero-order valence-electron chi connectivity index (χ0n) is 6.34. The minimum Gasteiger partial charge on any atom is -0.478 e. The van der Waals surface area contributed by atoms with Crippen LogP contribution in [0, 0.1) is 0 Å². The third kappa shape index (κ3) is 1.85. The smallest absolute Gasteiger partial charge is 0.334 e. The van der Waals surface area contributed by atoms with E-state index in [-0.39, 0.29) is 10.4 Å². The lowest BCUT2D eigenvalue weighted by molar-refractivity contribution is -0.133. The fraction of sp³-hybridized carbons (Fsp3) is 0.143. The van der Waals surface area contributed by atoms with Crippen molar-refractivity contribution in [1.82, 2.24) is 0 Å². The van der Waals surface area contributed by atoms with Crippen molar-refractivity contribution in [2.75, 3.05) is 0 Å². The van der Waals surface area contributed by atoms with E-state index >= 15 is 0 Å². The minimum absolute atomic E-state index is 0.333. The molecular formula is C7H6O5S. The van der Waals surface area contributed by atoms with E-state index in [0.29, 0.717) is 0 Å². The molecule has 0 amide bonds. The van der Waals surface area contributed by atoms with E-state index in [2.05, 4.69) is 0 Å². The highest BCUT2D eigenvalue weighted by Gasteiger charge is 2.24. The van der Waals surface area contributed by atoms with Crippen LogP contribution in [0.15, 0.2) is 23.8 Å². The third-order valence-corrected chi connectivity index (χ3v) is 2.28. The molecule has 0 fully saturated rings. The number of hydrogen-bond acceptors (Lipinski definition) is 4. The maximum Gasteiger partial charge on any atom is 0.334 e. The highest BCUT2D eigenvalue weighted by Crippen LogP contribution is 2.10. The van der Waals surface area contributed by atoms with Gasteiger partial charge in [0.05, 0.1) is 5.57 Å². The number of allylic oxidation sites excluding steroid dienone is 2. The van der Waals surface area contributed by atoms with Gasteiger partial charge in [0.25, 0.3) is 0 Å². The first-order valence-corrected chi connectivity index (χ1v) is 4.37.